The van der Waals surface area contributed by atoms with Crippen molar-refractivity contribution in [3.8, 4) is 0 Å². The summed E-state index contributed by atoms with van der Waals surface area (Å²) in [5, 5.41) is 0. The van der Waals surface area contributed by atoms with E-state index in [4.69, 9.17) is 9.31 Å². The molecule has 0 aromatic heterocycles. The van der Waals surface area contributed by atoms with Gasteiger partial charge < -0.3 is 9.31 Å². The Bertz CT molecular complexity index is 784. The molecule has 0 amide bonds. The predicted molar refractivity (Wildman–Crippen MR) is 134 cm³/mol. The lowest BCUT2D eigenvalue weighted by Gasteiger charge is -2.64. The van der Waals surface area contributed by atoms with Crippen LogP contribution in [0.5, 0.6) is 0 Å². The fourth-order valence-electron chi connectivity index (χ4n) is 5.52. The van der Waals surface area contributed by atoms with Gasteiger partial charge in [-0.05, 0) is 61.1 Å². The minimum atomic E-state index is -4.32. The molecule has 3 saturated carbocycles. The van der Waals surface area contributed by atoms with Gasteiger partial charge in [0.25, 0.3) is 0 Å². The van der Waals surface area contributed by atoms with Crippen LogP contribution in [-0.4, -0.2) is 28.5 Å². The van der Waals surface area contributed by atoms with Crippen molar-refractivity contribution in [3.05, 3.63) is 35.4 Å². The standard InChI is InChI=1S/C19H23BF3I2NO2S2/c1-17(2)13-9-14(17)18(3)15(10-13)27-20(28-18)16(26(29-24)30-25)8-11-4-6-12(7-5-11)19(21,22)23/h4-7,13-16H,8-10H2,1-3H3/t13-,14?,15?,16?,18-/m0/s1. The van der Waals surface area contributed by atoms with Gasteiger partial charge in [-0.3, -0.25) is 0 Å². The molecule has 4 aliphatic rings. The number of hydrogen-bond acceptors (Lipinski definition) is 5. The number of alkyl halides is 3. The molecule has 3 unspecified atom stereocenters. The molecule has 0 spiro atoms. The zero-order valence-corrected chi connectivity index (χ0v) is 22.7. The third kappa shape index (κ3) is 4.19. The second kappa shape index (κ2) is 8.72. The first kappa shape index (κ1) is 24.2. The molecule has 1 aromatic carbocycles. The molecule has 0 radical (unpaired) electrons. The highest BCUT2D eigenvalue weighted by Crippen LogP contribution is 2.66. The van der Waals surface area contributed by atoms with Gasteiger partial charge in [0.1, 0.15) is 0 Å². The van der Waals surface area contributed by atoms with Crippen LogP contribution in [-0.2, 0) is 21.9 Å². The van der Waals surface area contributed by atoms with Crippen molar-refractivity contribution in [2.45, 2.75) is 63.9 Å². The highest BCUT2D eigenvalue weighted by Gasteiger charge is 2.68. The summed E-state index contributed by atoms with van der Waals surface area (Å²) in [5.41, 5.74) is 0.173. The van der Waals surface area contributed by atoms with E-state index in [9.17, 15) is 13.2 Å². The summed E-state index contributed by atoms with van der Waals surface area (Å²) in [6.45, 7) is 6.85. The van der Waals surface area contributed by atoms with Crippen molar-refractivity contribution in [1.82, 2.24) is 3.71 Å². The molecule has 4 fully saturated rings. The van der Waals surface area contributed by atoms with E-state index in [0.29, 0.717) is 18.3 Å². The molecule has 3 nitrogen and oxygen atoms in total. The number of hydrogen-bond donors (Lipinski definition) is 0. The first-order chi connectivity index (χ1) is 14.0. The Morgan fingerprint density at radius 1 is 1.17 bits per heavy atom. The molecule has 3 aliphatic carbocycles. The minimum Gasteiger partial charge on any atom is -0.404 e. The van der Waals surface area contributed by atoms with Gasteiger partial charge in [-0.2, -0.15) is 16.9 Å². The van der Waals surface area contributed by atoms with E-state index in [0.717, 1.165) is 24.1 Å². The molecule has 5 rings (SSSR count). The van der Waals surface area contributed by atoms with E-state index in [1.165, 1.54) is 6.42 Å². The molecule has 1 aromatic rings. The third-order valence-corrected chi connectivity index (χ3v) is 12.8. The number of rotatable bonds is 6. The Morgan fingerprint density at radius 3 is 2.33 bits per heavy atom. The van der Waals surface area contributed by atoms with E-state index in [-0.39, 0.29) is 23.1 Å². The predicted octanol–water partition coefficient (Wildman–Crippen LogP) is 7.18. The quantitative estimate of drug-likeness (QED) is 0.180. The third-order valence-electron chi connectivity index (χ3n) is 7.42. The maximum absolute atomic E-state index is 12.9. The Hall–Kier alpha value is 1.11. The average molecular weight is 683 g/mol. The lowest BCUT2D eigenvalue weighted by molar-refractivity contribution is -0.199. The Kier molecular flexibility index (Phi) is 7.05. The Labute approximate surface area is 208 Å². The summed E-state index contributed by atoms with van der Waals surface area (Å²) in [5.74, 6) is 1.02. The molecule has 30 heavy (non-hydrogen) atoms. The first-order valence-corrected chi connectivity index (χ1v) is 16.5. The largest absolute Gasteiger partial charge is 0.478 e. The SMILES string of the molecule is CC1(C)C2C[C@H]1CC1OB(C(Cc3ccc(C(F)(F)F)cc3)N(SI)SI)O[C@]12C. The molecular weight excluding hydrogens is 660 g/mol. The van der Waals surface area contributed by atoms with Crippen molar-refractivity contribution < 1.29 is 22.5 Å². The summed E-state index contributed by atoms with van der Waals surface area (Å²) in [4.78, 5) is 0. The molecule has 11 heteroatoms. The van der Waals surface area contributed by atoms with Crippen molar-refractivity contribution in [3.63, 3.8) is 0 Å². The monoisotopic (exact) mass is 683 g/mol. The van der Waals surface area contributed by atoms with Crippen molar-refractivity contribution in [2.24, 2.45) is 17.3 Å². The lowest BCUT2D eigenvalue weighted by atomic mass is 9.43. The van der Waals surface area contributed by atoms with Gasteiger partial charge in [0.15, 0.2) is 0 Å². The van der Waals surface area contributed by atoms with Crippen LogP contribution in [0.3, 0.4) is 0 Å². The molecule has 2 bridgehead atoms. The zero-order valence-electron chi connectivity index (χ0n) is 16.8. The molecule has 1 aliphatic heterocycles. The molecule has 1 saturated heterocycles. The van der Waals surface area contributed by atoms with Crippen LogP contribution in [0.15, 0.2) is 24.3 Å². The zero-order chi connectivity index (χ0) is 21.9. The van der Waals surface area contributed by atoms with E-state index in [1.54, 1.807) is 30.4 Å². The summed E-state index contributed by atoms with van der Waals surface area (Å²) < 4.78 is 54.0. The van der Waals surface area contributed by atoms with Gasteiger partial charge in [-0.1, -0.05) is 26.0 Å². The van der Waals surface area contributed by atoms with Gasteiger partial charge in [-0.15, -0.1) is 0 Å². The van der Waals surface area contributed by atoms with Gasteiger partial charge in [0.05, 0.1) is 23.2 Å². The normalized spacial score (nSPS) is 33.4. The van der Waals surface area contributed by atoms with E-state index < -0.39 is 18.9 Å². The van der Waals surface area contributed by atoms with E-state index in [1.807, 2.05) is 0 Å². The van der Waals surface area contributed by atoms with Gasteiger partial charge in [0, 0.05) is 60.6 Å². The number of benzene rings is 1. The fourth-order valence-corrected chi connectivity index (χ4v) is 12.1. The van der Waals surface area contributed by atoms with Crippen LogP contribution in [0, 0.1) is 17.3 Å². The summed E-state index contributed by atoms with van der Waals surface area (Å²) in [6, 6.07) is 5.43. The summed E-state index contributed by atoms with van der Waals surface area (Å²) in [6.07, 6.45) is -1.50. The van der Waals surface area contributed by atoms with Crippen LogP contribution in [0.25, 0.3) is 0 Å². The van der Waals surface area contributed by atoms with Gasteiger partial charge >= 0.3 is 13.3 Å². The Balaban J connectivity index is 1.55. The van der Waals surface area contributed by atoms with Crippen LogP contribution in [0.1, 0.15) is 44.7 Å². The molecule has 1 heterocycles. The highest BCUT2D eigenvalue weighted by atomic mass is 127. The number of halogens is 5. The molecule has 5 atom stereocenters. The van der Waals surface area contributed by atoms with Crippen molar-refractivity contribution in [1.29, 1.82) is 0 Å². The van der Waals surface area contributed by atoms with Crippen LogP contribution in [0.2, 0.25) is 0 Å². The fraction of sp³-hybridized carbons (Fsp3) is 0.684. The van der Waals surface area contributed by atoms with E-state index >= 15 is 0 Å². The molecular formula is C19H23BF3I2NO2S2. The smallest absolute Gasteiger partial charge is 0.404 e. The second-order valence-electron chi connectivity index (χ2n) is 9.23. The minimum absolute atomic E-state index is 0.0784. The van der Waals surface area contributed by atoms with Crippen LogP contribution >= 0.6 is 60.6 Å². The average Bonchev–Trinajstić information content (AvgIpc) is 3.04. The van der Waals surface area contributed by atoms with Crippen molar-refractivity contribution in [2.75, 3.05) is 0 Å². The highest BCUT2D eigenvalue weighted by molar-refractivity contribution is 14.2. The first-order valence-electron chi connectivity index (χ1n) is 9.86. The van der Waals surface area contributed by atoms with E-state index in [2.05, 4.69) is 66.9 Å². The Morgan fingerprint density at radius 2 is 1.80 bits per heavy atom. The summed E-state index contributed by atoms with van der Waals surface area (Å²) in [7, 11) is 2.69. The van der Waals surface area contributed by atoms with Gasteiger partial charge in [0.2, 0.25) is 0 Å². The molecule has 166 valence electrons. The van der Waals surface area contributed by atoms with Crippen molar-refractivity contribution >= 4 is 67.8 Å². The maximum atomic E-state index is 12.9. The summed E-state index contributed by atoms with van der Waals surface area (Å²) >= 11 is 4.46. The van der Waals surface area contributed by atoms with Gasteiger partial charge in [-0.25, -0.2) is 0 Å². The maximum Gasteiger partial charge on any atom is 0.478 e. The second-order valence-corrected chi connectivity index (χ2v) is 12.9. The van der Waals surface area contributed by atoms with Crippen LogP contribution in [0.4, 0.5) is 13.2 Å². The lowest BCUT2D eigenvalue weighted by Crippen LogP contribution is -2.65. The molecule has 0 N–H and O–H groups in total. The topological polar surface area (TPSA) is 21.7 Å². The number of nitrogens with zero attached hydrogens (tertiary/aromatic N) is 1. The van der Waals surface area contributed by atoms with Crippen LogP contribution < -0.4 is 0 Å².